The Labute approximate surface area is 102 Å². The van der Waals surface area contributed by atoms with E-state index in [-0.39, 0.29) is 10.9 Å². The van der Waals surface area contributed by atoms with Crippen LogP contribution in [0.4, 0.5) is 0 Å². The number of rotatable bonds is 7. The molecule has 7 heteroatoms. The maximum absolute atomic E-state index is 12.4. The molecule has 0 spiro atoms. The molecule has 0 fully saturated rings. The van der Waals surface area contributed by atoms with Gasteiger partial charge in [-0.25, -0.2) is 8.42 Å². The fraction of sp³-hybridized carbons (Fsp3) is 0.700. The SMILES string of the molecule is CCC(CC)N(CCN)S(=O)(=O)c1cn[nH]c1. The average molecular weight is 260 g/mol. The van der Waals surface area contributed by atoms with Gasteiger partial charge >= 0.3 is 0 Å². The Bertz CT molecular complexity index is 412. The van der Waals surface area contributed by atoms with Crippen molar-refractivity contribution in [1.82, 2.24) is 14.5 Å². The Balaban J connectivity index is 3.06. The molecule has 0 atom stereocenters. The van der Waals surface area contributed by atoms with Gasteiger partial charge in [0.15, 0.2) is 0 Å². The molecule has 1 heterocycles. The topological polar surface area (TPSA) is 92.1 Å². The van der Waals surface area contributed by atoms with Gasteiger partial charge in [-0.3, -0.25) is 5.10 Å². The maximum atomic E-state index is 12.4. The summed E-state index contributed by atoms with van der Waals surface area (Å²) < 4.78 is 26.2. The van der Waals surface area contributed by atoms with Crippen LogP contribution in [0.5, 0.6) is 0 Å². The predicted molar refractivity (Wildman–Crippen MR) is 65.9 cm³/mol. The van der Waals surface area contributed by atoms with Gasteiger partial charge in [0.1, 0.15) is 4.90 Å². The fourth-order valence-electron chi connectivity index (χ4n) is 1.84. The highest BCUT2D eigenvalue weighted by molar-refractivity contribution is 7.89. The number of H-pyrrole nitrogens is 1. The standard InChI is InChI=1S/C10H20N4O2S/c1-3-9(4-2)14(6-5-11)17(15,16)10-7-12-13-8-10/h7-9H,3-6,11H2,1-2H3,(H,12,13). The van der Waals surface area contributed by atoms with Gasteiger partial charge in [0.05, 0.1) is 6.20 Å². The molecular formula is C10H20N4O2S. The fourth-order valence-corrected chi connectivity index (χ4v) is 3.53. The largest absolute Gasteiger partial charge is 0.329 e. The molecule has 0 aliphatic carbocycles. The summed E-state index contributed by atoms with van der Waals surface area (Å²) in [5.41, 5.74) is 5.50. The number of nitrogens with two attached hydrogens (primary N) is 1. The van der Waals surface area contributed by atoms with Crippen LogP contribution in [0.3, 0.4) is 0 Å². The van der Waals surface area contributed by atoms with E-state index < -0.39 is 10.0 Å². The number of nitrogens with one attached hydrogen (secondary N) is 1. The van der Waals surface area contributed by atoms with Crippen molar-refractivity contribution in [3.63, 3.8) is 0 Å². The molecule has 0 saturated heterocycles. The summed E-state index contributed by atoms with van der Waals surface area (Å²) in [6.45, 7) is 4.60. The van der Waals surface area contributed by atoms with Crippen LogP contribution in [-0.4, -0.2) is 42.1 Å². The van der Waals surface area contributed by atoms with Crippen LogP contribution < -0.4 is 5.73 Å². The molecule has 0 aromatic carbocycles. The van der Waals surface area contributed by atoms with E-state index in [0.29, 0.717) is 13.1 Å². The lowest BCUT2D eigenvalue weighted by Gasteiger charge is -2.28. The van der Waals surface area contributed by atoms with Crippen molar-refractivity contribution >= 4 is 10.0 Å². The van der Waals surface area contributed by atoms with Crippen molar-refractivity contribution < 1.29 is 8.42 Å². The van der Waals surface area contributed by atoms with Crippen molar-refractivity contribution in [2.75, 3.05) is 13.1 Å². The lowest BCUT2D eigenvalue weighted by Crippen LogP contribution is -2.42. The zero-order valence-corrected chi connectivity index (χ0v) is 11.1. The van der Waals surface area contributed by atoms with E-state index in [2.05, 4.69) is 10.2 Å². The molecular weight excluding hydrogens is 240 g/mol. The van der Waals surface area contributed by atoms with E-state index >= 15 is 0 Å². The molecule has 6 nitrogen and oxygen atoms in total. The molecule has 1 aromatic heterocycles. The monoisotopic (exact) mass is 260 g/mol. The number of aromatic nitrogens is 2. The van der Waals surface area contributed by atoms with E-state index in [1.807, 2.05) is 13.8 Å². The Morgan fingerprint density at radius 2 is 2.12 bits per heavy atom. The van der Waals surface area contributed by atoms with Crippen molar-refractivity contribution in [3.8, 4) is 0 Å². The minimum absolute atomic E-state index is 0.0153. The van der Waals surface area contributed by atoms with Crippen LogP contribution in [0.2, 0.25) is 0 Å². The van der Waals surface area contributed by atoms with Crippen LogP contribution in [0, 0.1) is 0 Å². The van der Waals surface area contributed by atoms with Crippen LogP contribution >= 0.6 is 0 Å². The van der Waals surface area contributed by atoms with Gasteiger partial charge in [-0.05, 0) is 12.8 Å². The molecule has 0 aliphatic rings. The number of nitrogens with zero attached hydrogens (tertiary/aromatic N) is 2. The number of hydrogen-bond donors (Lipinski definition) is 2. The minimum atomic E-state index is -3.48. The van der Waals surface area contributed by atoms with Crippen LogP contribution in [0.25, 0.3) is 0 Å². The highest BCUT2D eigenvalue weighted by Gasteiger charge is 2.29. The highest BCUT2D eigenvalue weighted by Crippen LogP contribution is 2.19. The Morgan fingerprint density at radius 1 is 1.47 bits per heavy atom. The Kier molecular flexibility index (Phi) is 5.10. The number of aromatic amines is 1. The Hall–Kier alpha value is -0.920. The zero-order valence-electron chi connectivity index (χ0n) is 10.3. The number of sulfonamides is 1. The second-order valence-electron chi connectivity index (χ2n) is 3.81. The second kappa shape index (κ2) is 6.13. The molecule has 0 aliphatic heterocycles. The lowest BCUT2D eigenvalue weighted by molar-refractivity contribution is 0.309. The lowest BCUT2D eigenvalue weighted by atomic mass is 10.2. The summed E-state index contributed by atoms with van der Waals surface area (Å²) in [5.74, 6) is 0. The number of hydrogen-bond acceptors (Lipinski definition) is 4. The smallest absolute Gasteiger partial charge is 0.246 e. The summed E-state index contributed by atoms with van der Waals surface area (Å²) in [4.78, 5) is 0.192. The molecule has 1 aromatic rings. The molecule has 0 unspecified atom stereocenters. The summed E-state index contributed by atoms with van der Waals surface area (Å²) in [7, 11) is -3.48. The van der Waals surface area contributed by atoms with E-state index in [0.717, 1.165) is 12.8 Å². The molecule has 0 radical (unpaired) electrons. The average Bonchev–Trinajstić information content (AvgIpc) is 2.83. The minimum Gasteiger partial charge on any atom is -0.329 e. The molecule has 1 rings (SSSR count). The summed E-state index contributed by atoms with van der Waals surface area (Å²) >= 11 is 0. The van der Waals surface area contributed by atoms with Gasteiger partial charge in [-0.1, -0.05) is 13.8 Å². The third-order valence-electron chi connectivity index (χ3n) is 2.78. The summed E-state index contributed by atoms with van der Waals surface area (Å²) in [6.07, 6.45) is 4.25. The molecule has 0 saturated carbocycles. The normalized spacial score (nSPS) is 12.5. The highest BCUT2D eigenvalue weighted by atomic mass is 32.2. The third kappa shape index (κ3) is 3.05. The van der Waals surface area contributed by atoms with Crippen molar-refractivity contribution in [1.29, 1.82) is 0 Å². The first kappa shape index (κ1) is 14.1. The molecule has 0 amide bonds. The van der Waals surface area contributed by atoms with Gasteiger partial charge in [0.25, 0.3) is 0 Å². The van der Waals surface area contributed by atoms with Crippen LogP contribution in [0.1, 0.15) is 26.7 Å². The second-order valence-corrected chi connectivity index (χ2v) is 5.70. The zero-order chi connectivity index (χ0) is 12.9. The van der Waals surface area contributed by atoms with E-state index in [4.69, 9.17) is 5.73 Å². The van der Waals surface area contributed by atoms with Gasteiger partial charge in [-0.2, -0.15) is 9.40 Å². The first-order chi connectivity index (χ1) is 8.07. The van der Waals surface area contributed by atoms with Gasteiger partial charge in [0, 0.05) is 25.3 Å². The molecule has 17 heavy (non-hydrogen) atoms. The van der Waals surface area contributed by atoms with Crippen molar-refractivity contribution in [2.24, 2.45) is 5.73 Å². The third-order valence-corrected chi connectivity index (χ3v) is 4.70. The predicted octanol–water partition coefficient (Wildman–Crippen LogP) is 0.548. The van der Waals surface area contributed by atoms with Crippen LogP contribution in [-0.2, 0) is 10.0 Å². The van der Waals surface area contributed by atoms with E-state index in [1.165, 1.54) is 16.7 Å². The van der Waals surface area contributed by atoms with Gasteiger partial charge < -0.3 is 5.73 Å². The summed E-state index contributed by atoms with van der Waals surface area (Å²) in [5, 5.41) is 6.20. The first-order valence-corrected chi connectivity index (χ1v) is 7.22. The molecule has 0 bridgehead atoms. The summed E-state index contributed by atoms with van der Waals surface area (Å²) in [6, 6.07) is -0.0153. The molecule has 3 N–H and O–H groups in total. The quantitative estimate of drug-likeness (QED) is 0.748. The Morgan fingerprint density at radius 3 is 2.53 bits per heavy atom. The van der Waals surface area contributed by atoms with E-state index in [1.54, 1.807) is 0 Å². The van der Waals surface area contributed by atoms with Gasteiger partial charge in [0.2, 0.25) is 10.0 Å². The maximum Gasteiger partial charge on any atom is 0.246 e. The van der Waals surface area contributed by atoms with Crippen LogP contribution in [0.15, 0.2) is 17.3 Å². The van der Waals surface area contributed by atoms with Gasteiger partial charge in [-0.15, -0.1) is 0 Å². The van der Waals surface area contributed by atoms with Crippen molar-refractivity contribution in [3.05, 3.63) is 12.4 Å². The first-order valence-electron chi connectivity index (χ1n) is 5.78. The van der Waals surface area contributed by atoms with E-state index in [9.17, 15) is 8.42 Å². The van der Waals surface area contributed by atoms with Crippen molar-refractivity contribution in [2.45, 2.75) is 37.6 Å². The molecule has 98 valence electrons.